The number of anilines is 1. The molecule has 4 rings (SSSR count). The van der Waals surface area contributed by atoms with Crippen LogP contribution in [0.15, 0.2) is 83.7 Å². The Kier molecular flexibility index (Phi) is 5.42. The number of nitrogens with zero attached hydrogens (tertiary/aromatic N) is 2. The number of carbonyl (C=O) groups is 1. The molecule has 0 atom stereocenters. The fourth-order valence-corrected chi connectivity index (χ4v) is 3.51. The molecule has 0 aliphatic carbocycles. The van der Waals surface area contributed by atoms with E-state index >= 15 is 0 Å². The van der Waals surface area contributed by atoms with E-state index in [0.29, 0.717) is 23.0 Å². The fraction of sp³-hybridized carbons (Fsp3) is 0.192. The Morgan fingerprint density at radius 2 is 1.48 bits per heavy atom. The van der Waals surface area contributed by atoms with Gasteiger partial charge >= 0.3 is 0 Å². The number of hydrogen-bond donors (Lipinski definition) is 1. The quantitative estimate of drug-likeness (QED) is 0.514. The Balaban J connectivity index is 1.71. The first-order chi connectivity index (χ1) is 14.8. The molecule has 0 saturated carbocycles. The van der Waals surface area contributed by atoms with Gasteiger partial charge in [0.05, 0.1) is 11.9 Å². The topological polar surface area (TPSA) is 64.0 Å². The predicted octanol–water partition coefficient (Wildman–Crippen LogP) is 4.99. The molecule has 1 N–H and O–H groups in total. The molecule has 1 aromatic heterocycles. The fourth-order valence-electron chi connectivity index (χ4n) is 3.51. The van der Waals surface area contributed by atoms with E-state index in [2.05, 4.69) is 31.2 Å². The normalized spacial score (nSPS) is 11.5. The van der Waals surface area contributed by atoms with Crippen molar-refractivity contribution in [2.45, 2.75) is 32.7 Å². The van der Waals surface area contributed by atoms with Gasteiger partial charge in [-0.1, -0.05) is 81.4 Å². The molecule has 5 heteroatoms. The van der Waals surface area contributed by atoms with E-state index in [1.165, 1.54) is 10.2 Å². The lowest BCUT2D eigenvalue weighted by Gasteiger charge is -2.19. The Morgan fingerprint density at radius 1 is 0.871 bits per heavy atom. The summed E-state index contributed by atoms with van der Waals surface area (Å²) >= 11 is 0. The van der Waals surface area contributed by atoms with Crippen LogP contribution in [0.4, 0.5) is 5.69 Å². The van der Waals surface area contributed by atoms with Crippen molar-refractivity contribution in [2.24, 2.45) is 0 Å². The molecular weight excluding hydrogens is 386 g/mol. The molecule has 5 nitrogen and oxygen atoms in total. The van der Waals surface area contributed by atoms with Gasteiger partial charge in [-0.05, 0) is 34.7 Å². The molecule has 0 bridgehead atoms. The first-order valence-electron chi connectivity index (χ1n) is 10.3. The molecule has 0 aliphatic heterocycles. The zero-order valence-electron chi connectivity index (χ0n) is 17.9. The van der Waals surface area contributed by atoms with E-state index in [0.717, 1.165) is 5.56 Å². The molecule has 1 amide bonds. The van der Waals surface area contributed by atoms with Crippen LogP contribution in [-0.2, 0) is 12.0 Å². The van der Waals surface area contributed by atoms with Crippen molar-refractivity contribution in [3.63, 3.8) is 0 Å². The summed E-state index contributed by atoms with van der Waals surface area (Å²) in [4.78, 5) is 26.1. The van der Waals surface area contributed by atoms with Gasteiger partial charge < -0.3 is 5.32 Å². The van der Waals surface area contributed by atoms with Crippen LogP contribution in [0.5, 0.6) is 0 Å². The second-order valence-electron chi connectivity index (χ2n) is 8.62. The predicted molar refractivity (Wildman–Crippen MR) is 125 cm³/mol. The van der Waals surface area contributed by atoms with Crippen molar-refractivity contribution in [3.05, 3.63) is 106 Å². The van der Waals surface area contributed by atoms with E-state index in [-0.39, 0.29) is 22.6 Å². The minimum absolute atomic E-state index is 0.0350. The first kappa shape index (κ1) is 20.5. The minimum Gasteiger partial charge on any atom is -0.321 e. The molecule has 3 aromatic carbocycles. The van der Waals surface area contributed by atoms with E-state index in [4.69, 9.17) is 0 Å². The highest BCUT2D eigenvalue weighted by Crippen LogP contribution is 2.24. The number of rotatable bonds is 4. The molecule has 4 aromatic rings. The van der Waals surface area contributed by atoms with Gasteiger partial charge in [-0.2, -0.15) is 5.10 Å². The Hall–Kier alpha value is -3.73. The summed E-state index contributed by atoms with van der Waals surface area (Å²) in [6.45, 7) is 6.73. The number of carbonyl (C=O) groups excluding carboxylic acids is 1. The van der Waals surface area contributed by atoms with E-state index in [1.807, 2.05) is 54.6 Å². The number of benzene rings is 3. The van der Waals surface area contributed by atoms with Crippen LogP contribution in [0.2, 0.25) is 0 Å². The lowest BCUT2D eigenvalue weighted by atomic mass is 9.87. The van der Waals surface area contributed by atoms with Gasteiger partial charge in [-0.15, -0.1) is 0 Å². The summed E-state index contributed by atoms with van der Waals surface area (Å²) in [7, 11) is 0. The molecule has 0 fully saturated rings. The zero-order valence-corrected chi connectivity index (χ0v) is 17.9. The van der Waals surface area contributed by atoms with Crippen LogP contribution in [0.1, 0.15) is 42.4 Å². The van der Waals surface area contributed by atoms with Gasteiger partial charge in [0.15, 0.2) is 5.69 Å². The van der Waals surface area contributed by atoms with Crippen molar-refractivity contribution in [2.75, 3.05) is 5.32 Å². The molecule has 1 heterocycles. The largest absolute Gasteiger partial charge is 0.321 e. The average Bonchev–Trinajstić information content (AvgIpc) is 2.76. The second-order valence-corrected chi connectivity index (χ2v) is 8.62. The number of nitrogens with one attached hydrogen (secondary N) is 1. The van der Waals surface area contributed by atoms with E-state index in [9.17, 15) is 9.59 Å². The Morgan fingerprint density at radius 3 is 2.13 bits per heavy atom. The number of aromatic nitrogens is 2. The molecular formula is C26H25N3O2. The van der Waals surface area contributed by atoms with Crippen molar-refractivity contribution >= 4 is 22.4 Å². The maximum absolute atomic E-state index is 13.1. The zero-order chi connectivity index (χ0) is 22.0. The molecule has 0 saturated heterocycles. The van der Waals surface area contributed by atoms with Crippen molar-refractivity contribution in [1.29, 1.82) is 0 Å². The van der Waals surface area contributed by atoms with Crippen LogP contribution >= 0.6 is 0 Å². The van der Waals surface area contributed by atoms with Crippen LogP contribution in [0, 0.1) is 0 Å². The molecule has 156 valence electrons. The van der Waals surface area contributed by atoms with Gasteiger partial charge in [0.25, 0.3) is 11.5 Å². The summed E-state index contributed by atoms with van der Waals surface area (Å²) in [5.41, 5.74) is 2.86. The van der Waals surface area contributed by atoms with Gasteiger partial charge in [0, 0.05) is 11.1 Å². The highest BCUT2D eigenvalue weighted by molar-refractivity contribution is 6.11. The summed E-state index contributed by atoms with van der Waals surface area (Å²) in [5.74, 6) is -0.346. The van der Waals surface area contributed by atoms with Crippen molar-refractivity contribution in [3.8, 4) is 0 Å². The smallest absolute Gasteiger partial charge is 0.276 e. The third-order valence-electron chi connectivity index (χ3n) is 5.27. The van der Waals surface area contributed by atoms with Gasteiger partial charge in [0.2, 0.25) is 0 Å². The van der Waals surface area contributed by atoms with Crippen molar-refractivity contribution in [1.82, 2.24) is 9.78 Å². The summed E-state index contributed by atoms with van der Waals surface area (Å²) in [6.07, 6.45) is 0. The Labute approximate surface area is 181 Å². The summed E-state index contributed by atoms with van der Waals surface area (Å²) in [5, 5.41) is 8.38. The highest BCUT2D eigenvalue weighted by Gasteiger charge is 2.18. The molecule has 0 radical (unpaired) electrons. The van der Waals surface area contributed by atoms with Crippen LogP contribution < -0.4 is 10.9 Å². The molecule has 0 aliphatic rings. The average molecular weight is 412 g/mol. The van der Waals surface area contributed by atoms with E-state index < -0.39 is 0 Å². The van der Waals surface area contributed by atoms with E-state index in [1.54, 1.807) is 24.3 Å². The monoisotopic (exact) mass is 411 g/mol. The first-order valence-corrected chi connectivity index (χ1v) is 10.3. The number of amides is 1. The van der Waals surface area contributed by atoms with Crippen LogP contribution in [0.25, 0.3) is 10.8 Å². The second kappa shape index (κ2) is 8.19. The summed E-state index contributed by atoms with van der Waals surface area (Å²) < 4.78 is 1.36. The highest BCUT2D eigenvalue weighted by atomic mass is 16.2. The standard InChI is InChI=1S/C26H25N3O2/c1-26(2,3)19-13-15-20(16-14-19)27-24(30)23-21-11-7-8-12-22(21)25(31)29(28-23)17-18-9-5-4-6-10-18/h4-16H,17H2,1-3H3,(H,27,30). The van der Waals surface area contributed by atoms with Gasteiger partial charge in [-0.25, -0.2) is 4.68 Å². The van der Waals surface area contributed by atoms with Gasteiger partial charge in [-0.3, -0.25) is 9.59 Å². The van der Waals surface area contributed by atoms with Crippen LogP contribution in [-0.4, -0.2) is 15.7 Å². The van der Waals surface area contributed by atoms with Gasteiger partial charge in [0.1, 0.15) is 0 Å². The minimum atomic E-state index is -0.346. The Bertz CT molecular complexity index is 1280. The number of hydrogen-bond acceptors (Lipinski definition) is 3. The number of fused-ring (bicyclic) bond motifs is 1. The van der Waals surface area contributed by atoms with Crippen molar-refractivity contribution < 1.29 is 4.79 Å². The summed E-state index contributed by atoms with van der Waals surface area (Å²) in [6, 6.07) is 24.5. The molecule has 31 heavy (non-hydrogen) atoms. The SMILES string of the molecule is CC(C)(C)c1ccc(NC(=O)c2nn(Cc3ccccc3)c(=O)c3ccccc23)cc1. The third kappa shape index (κ3) is 4.40. The lowest BCUT2D eigenvalue weighted by molar-refractivity contribution is 0.102. The van der Waals surface area contributed by atoms with Crippen LogP contribution in [0.3, 0.4) is 0 Å². The maximum atomic E-state index is 13.1. The third-order valence-corrected chi connectivity index (χ3v) is 5.27. The maximum Gasteiger partial charge on any atom is 0.276 e. The lowest BCUT2D eigenvalue weighted by Crippen LogP contribution is -2.28. The molecule has 0 spiro atoms. The molecule has 0 unspecified atom stereocenters.